The van der Waals surface area contributed by atoms with Crippen LogP contribution in [0.2, 0.25) is 0 Å². The second-order valence-corrected chi connectivity index (χ2v) is 4.03. The van der Waals surface area contributed by atoms with Crippen LogP contribution in [-0.4, -0.2) is 22.2 Å². The smallest absolute Gasteiger partial charge is 0.307 e. The fourth-order valence-electron chi connectivity index (χ4n) is 1.95. The lowest BCUT2D eigenvalue weighted by Gasteiger charge is -2.35. The topological polar surface area (TPSA) is 74.6 Å². The zero-order valence-electron chi connectivity index (χ0n) is 8.06. The zero-order valence-corrected chi connectivity index (χ0v) is 8.06. The highest BCUT2D eigenvalue weighted by Gasteiger charge is 2.40. The van der Waals surface area contributed by atoms with Crippen molar-refractivity contribution in [1.82, 2.24) is 0 Å². The third-order valence-corrected chi connectivity index (χ3v) is 2.82. The first kappa shape index (κ1) is 10.8. The number of carboxylic acid groups (broad SMARTS) is 2. The molecule has 14 heavy (non-hydrogen) atoms. The van der Waals surface area contributed by atoms with Crippen molar-refractivity contribution in [2.75, 3.05) is 0 Å². The Labute approximate surface area is 82.2 Å². The molecule has 0 radical (unpaired) electrons. The molecule has 0 aliphatic heterocycles. The predicted octanol–water partition coefficient (Wildman–Crippen LogP) is 1.52. The Kier molecular flexibility index (Phi) is 2.93. The van der Waals surface area contributed by atoms with E-state index in [0.29, 0.717) is 12.8 Å². The molecule has 1 aliphatic carbocycles. The molecule has 0 amide bonds. The summed E-state index contributed by atoms with van der Waals surface area (Å²) >= 11 is 0. The second-order valence-electron chi connectivity index (χ2n) is 4.03. The molecule has 0 heterocycles. The van der Waals surface area contributed by atoms with E-state index in [9.17, 15) is 9.59 Å². The molecule has 4 nitrogen and oxygen atoms in total. The van der Waals surface area contributed by atoms with Crippen LogP contribution in [0.5, 0.6) is 0 Å². The van der Waals surface area contributed by atoms with E-state index in [0.717, 1.165) is 0 Å². The van der Waals surface area contributed by atoms with Gasteiger partial charge in [-0.3, -0.25) is 9.59 Å². The van der Waals surface area contributed by atoms with E-state index < -0.39 is 23.3 Å². The molecule has 0 aromatic carbocycles. The monoisotopic (exact) mass is 198 g/mol. The number of hydrogen-bond acceptors (Lipinski definition) is 2. The van der Waals surface area contributed by atoms with E-state index in [1.165, 1.54) is 0 Å². The number of hydrogen-bond donors (Lipinski definition) is 2. The quantitative estimate of drug-likeness (QED) is 0.674. The van der Waals surface area contributed by atoms with E-state index in [-0.39, 0.29) is 6.42 Å². The molecule has 0 aromatic heterocycles. The van der Waals surface area contributed by atoms with Gasteiger partial charge in [0.05, 0.1) is 12.3 Å². The van der Waals surface area contributed by atoms with Gasteiger partial charge in [-0.1, -0.05) is 19.1 Å². The molecule has 0 saturated heterocycles. The summed E-state index contributed by atoms with van der Waals surface area (Å²) in [5.41, 5.74) is -0.646. The summed E-state index contributed by atoms with van der Waals surface area (Å²) < 4.78 is 0. The molecule has 0 fully saturated rings. The normalized spacial score (nSPS) is 31.4. The van der Waals surface area contributed by atoms with E-state index in [2.05, 4.69) is 0 Å². The third-order valence-electron chi connectivity index (χ3n) is 2.82. The summed E-state index contributed by atoms with van der Waals surface area (Å²) in [6.07, 6.45) is 4.54. The van der Waals surface area contributed by atoms with Gasteiger partial charge in [-0.2, -0.15) is 0 Å². The van der Waals surface area contributed by atoms with Gasteiger partial charge < -0.3 is 10.2 Å². The van der Waals surface area contributed by atoms with Crippen LogP contribution in [0.4, 0.5) is 0 Å². The Bertz CT molecular complexity index is 282. The first-order chi connectivity index (χ1) is 6.46. The van der Waals surface area contributed by atoms with Crippen molar-refractivity contribution in [2.24, 2.45) is 11.3 Å². The second kappa shape index (κ2) is 3.82. The van der Waals surface area contributed by atoms with Crippen molar-refractivity contribution in [3.8, 4) is 0 Å². The van der Waals surface area contributed by atoms with Crippen LogP contribution in [0.15, 0.2) is 12.2 Å². The Morgan fingerprint density at radius 3 is 2.57 bits per heavy atom. The van der Waals surface area contributed by atoms with Crippen molar-refractivity contribution in [2.45, 2.75) is 26.2 Å². The molecule has 4 heteroatoms. The van der Waals surface area contributed by atoms with Crippen molar-refractivity contribution in [1.29, 1.82) is 0 Å². The Morgan fingerprint density at radius 2 is 2.07 bits per heavy atom. The Morgan fingerprint density at radius 1 is 1.43 bits per heavy atom. The van der Waals surface area contributed by atoms with Gasteiger partial charge in [-0.05, 0) is 18.3 Å². The summed E-state index contributed by atoms with van der Waals surface area (Å²) in [5.74, 6) is -2.42. The Balaban J connectivity index is 2.86. The van der Waals surface area contributed by atoms with Crippen molar-refractivity contribution < 1.29 is 19.8 Å². The summed E-state index contributed by atoms with van der Waals surface area (Å²) in [4.78, 5) is 21.5. The number of allylic oxidation sites excluding steroid dienone is 2. The van der Waals surface area contributed by atoms with E-state index >= 15 is 0 Å². The van der Waals surface area contributed by atoms with Gasteiger partial charge in [0.1, 0.15) is 0 Å². The molecule has 0 saturated carbocycles. The molecule has 2 unspecified atom stereocenters. The maximum absolute atomic E-state index is 10.9. The first-order valence-electron chi connectivity index (χ1n) is 4.55. The molecule has 1 rings (SSSR count). The lowest BCUT2D eigenvalue weighted by Crippen LogP contribution is -2.36. The third kappa shape index (κ3) is 2.13. The van der Waals surface area contributed by atoms with Crippen molar-refractivity contribution in [3.05, 3.63) is 12.2 Å². The van der Waals surface area contributed by atoms with E-state index in [1.54, 1.807) is 6.92 Å². The lowest BCUT2D eigenvalue weighted by atomic mass is 9.68. The van der Waals surface area contributed by atoms with Gasteiger partial charge in [0.25, 0.3) is 0 Å². The zero-order chi connectivity index (χ0) is 10.8. The minimum absolute atomic E-state index is 0.0890. The average molecular weight is 198 g/mol. The van der Waals surface area contributed by atoms with Gasteiger partial charge in [-0.15, -0.1) is 0 Å². The first-order valence-corrected chi connectivity index (χ1v) is 4.55. The number of rotatable bonds is 3. The van der Waals surface area contributed by atoms with Crippen molar-refractivity contribution >= 4 is 11.9 Å². The predicted molar refractivity (Wildman–Crippen MR) is 49.9 cm³/mol. The molecule has 2 atom stereocenters. The minimum Gasteiger partial charge on any atom is -0.481 e. The van der Waals surface area contributed by atoms with Gasteiger partial charge in [0.15, 0.2) is 0 Å². The molecular weight excluding hydrogens is 184 g/mol. The van der Waals surface area contributed by atoms with Crippen LogP contribution in [-0.2, 0) is 9.59 Å². The lowest BCUT2D eigenvalue weighted by molar-refractivity contribution is -0.149. The standard InChI is InChI=1S/C10H14O4/c1-10(6-8(11)12)5-3-2-4-7(10)9(13)14/h2-3,7H,4-6H2,1H3,(H,11,12)(H,13,14). The van der Waals surface area contributed by atoms with Crippen LogP contribution < -0.4 is 0 Å². The molecular formula is C10H14O4. The highest BCUT2D eigenvalue weighted by atomic mass is 16.4. The van der Waals surface area contributed by atoms with E-state index in [4.69, 9.17) is 10.2 Å². The minimum atomic E-state index is -0.936. The summed E-state index contributed by atoms with van der Waals surface area (Å²) in [5, 5.41) is 17.7. The molecule has 0 spiro atoms. The van der Waals surface area contributed by atoms with Gasteiger partial charge in [-0.25, -0.2) is 0 Å². The largest absolute Gasteiger partial charge is 0.481 e. The van der Waals surface area contributed by atoms with Crippen LogP contribution in [0.25, 0.3) is 0 Å². The van der Waals surface area contributed by atoms with Crippen molar-refractivity contribution in [3.63, 3.8) is 0 Å². The SMILES string of the molecule is CC1(CC(=O)O)CC=CCC1C(=O)O. The highest BCUT2D eigenvalue weighted by molar-refractivity contribution is 5.74. The fourth-order valence-corrected chi connectivity index (χ4v) is 1.95. The summed E-state index contributed by atoms with van der Waals surface area (Å²) in [7, 11) is 0. The summed E-state index contributed by atoms with van der Waals surface area (Å²) in [6, 6.07) is 0. The van der Waals surface area contributed by atoms with E-state index in [1.807, 2.05) is 12.2 Å². The molecule has 0 bridgehead atoms. The van der Waals surface area contributed by atoms with Gasteiger partial charge >= 0.3 is 11.9 Å². The van der Waals surface area contributed by atoms with Crippen LogP contribution in [0.1, 0.15) is 26.2 Å². The maximum Gasteiger partial charge on any atom is 0.307 e. The average Bonchev–Trinajstić information content (AvgIpc) is 2.01. The molecule has 2 N–H and O–H groups in total. The molecule has 0 aromatic rings. The van der Waals surface area contributed by atoms with Crippen LogP contribution in [0, 0.1) is 11.3 Å². The fraction of sp³-hybridized carbons (Fsp3) is 0.600. The van der Waals surface area contributed by atoms with Gasteiger partial charge in [0, 0.05) is 0 Å². The molecule has 78 valence electrons. The number of aliphatic carboxylic acids is 2. The molecule has 1 aliphatic rings. The number of carboxylic acids is 2. The summed E-state index contributed by atoms with van der Waals surface area (Å²) in [6.45, 7) is 1.73. The van der Waals surface area contributed by atoms with Gasteiger partial charge in [0.2, 0.25) is 0 Å². The highest BCUT2D eigenvalue weighted by Crippen LogP contribution is 2.40. The van der Waals surface area contributed by atoms with Crippen LogP contribution >= 0.6 is 0 Å². The Hall–Kier alpha value is -1.32. The van der Waals surface area contributed by atoms with Crippen LogP contribution in [0.3, 0.4) is 0 Å². The number of carbonyl (C=O) groups is 2. The maximum atomic E-state index is 10.9.